The van der Waals surface area contributed by atoms with Crippen LogP contribution >= 0.6 is 0 Å². The SMILES string of the molecule is Cc1cccc(OCCCN2CCN(C)CC2)c1F. The summed E-state index contributed by atoms with van der Waals surface area (Å²) in [5.41, 5.74) is 0.636. The molecule has 1 heterocycles. The quantitative estimate of drug-likeness (QED) is 0.760. The fraction of sp³-hybridized carbons (Fsp3) is 0.600. The Hall–Kier alpha value is -1.13. The number of rotatable bonds is 5. The number of benzene rings is 1. The lowest BCUT2D eigenvalue weighted by atomic mass is 10.2. The summed E-state index contributed by atoms with van der Waals surface area (Å²) < 4.78 is 19.2. The molecule has 0 aliphatic carbocycles. The van der Waals surface area contributed by atoms with Gasteiger partial charge in [-0.05, 0) is 32.0 Å². The molecule has 0 N–H and O–H groups in total. The molecule has 0 saturated carbocycles. The second-order valence-electron chi connectivity index (χ2n) is 5.23. The van der Waals surface area contributed by atoms with E-state index >= 15 is 0 Å². The summed E-state index contributed by atoms with van der Waals surface area (Å²) >= 11 is 0. The lowest BCUT2D eigenvalue weighted by Crippen LogP contribution is -2.44. The van der Waals surface area contributed by atoms with Gasteiger partial charge in [-0.2, -0.15) is 0 Å². The van der Waals surface area contributed by atoms with E-state index in [1.807, 2.05) is 6.07 Å². The predicted molar refractivity (Wildman–Crippen MR) is 75.2 cm³/mol. The van der Waals surface area contributed by atoms with E-state index in [4.69, 9.17) is 4.74 Å². The van der Waals surface area contributed by atoms with E-state index < -0.39 is 0 Å². The van der Waals surface area contributed by atoms with E-state index in [0.717, 1.165) is 39.1 Å². The van der Waals surface area contributed by atoms with Gasteiger partial charge in [0.05, 0.1) is 6.61 Å². The summed E-state index contributed by atoms with van der Waals surface area (Å²) in [5, 5.41) is 0. The summed E-state index contributed by atoms with van der Waals surface area (Å²) in [4.78, 5) is 4.78. The molecule has 19 heavy (non-hydrogen) atoms. The molecule has 1 saturated heterocycles. The van der Waals surface area contributed by atoms with E-state index in [2.05, 4.69) is 16.8 Å². The van der Waals surface area contributed by atoms with Crippen LogP contribution in [0.5, 0.6) is 5.75 Å². The zero-order valence-corrected chi connectivity index (χ0v) is 11.9. The minimum atomic E-state index is -0.234. The minimum Gasteiger partial charge on any atom is -0.490 e. The van der Waals surface area contributed by atoms with Gasteiger partial charge >= 0.3 is 0 Å². The highest BCUT2D eigenvalue weighted by atomic mass is 19.1. The number of ether oxygens (including phenoxy) is 1. The zero-order valence-electron chi connectivity index (χ0n) is 11.9. The molecule has 2 rings (SSSR count). The molecule has 1 fully saturated rings. The molecule has 106 valence electrons. The van der Waals surface area contributed by atoms with Gasteiger partial charge in [-0.25, -0.2) is 4.39 Å². The number of hydrogen-bond acceptors (Lipinski definition) is 3. The zero-order chi connectivity index (χ0) is 13.7. The van der Waals surface area contributed by atoms with Gasteiger partial charge in [-0.3, -0.25) is 0 Å². The molecule has 1 aliphatic heterocycles. The Bertz CT molecular complexity index is 403. The first-order valence-corrected chi connectivity index (χ1v) is 6.95. The molecule has 0 bridgehead atoms. The largest absolute Gasteiger partial charge is 0.490 e. The molecule has 0 radical (unpaired) electrons. The van der Waals surface area contributed by atoms with E-state index in [1.54, 1.807) is 19.1 Å². The number of piperazine rings is 1. The van der Waals surface area contributed by atoms with Crippen molar-refractivity contribution in [3.63, 3.8) is 0 Å². The fourth-order valence-electron chi connectivity index (χ4n) is 2.27. The van der Waals surface area contributed by atoms with Crippen LogP contribution in [0.4, 0.5) is 4.39 Å². The minimum absolute atomic E-state index is 0.234. The smallest absolute Gasteiger partial charge is 0.167 e. The molecule has 1 aromatic rings. The van der Waals surface area contributed by atoms with Gasteiger partial charge in [0.15, 0.2) is 11.6 Å². The third kappa shape index (κ3) is 4.18. The number of halogens is 1. The maximum absolute atomic E-state index is 13.7. The average molecular weight is 266 g/mol. The summed E-state index contributed by atoms with van der Waals surface area (Å²) in [7, 11) is 2.15. The van der Waals surface area contributed by atoms with Crippen molar-refractivity contribution in [1.82, 2.24) is 9.80 Å². The van der Waals surface area contributed by atoms with Crippen LogP contribution in [0.25, 0.3) is 0 Å². The summed E-state index contributed by atoms with van der Waals surface area (Å²) in [6.07, 6.45) is 0.942. The first-order chi connectivity index (χ1) is 9.16. The Balaban J connectivity index is 1.68. The molecule has 0 spiro atoms. The maximum atomic E-state index is 13.7. The van der Waals surface area contributed by atoms with Crippen LogP contribution in [0, 0.1) is 12.7 Å². The van der Waals surface area contributed by atoms with Crippen LogP contribution in [0.1, 0.15) is 12.0 Å². The maximum Gasteiger partial charge on any atom is 0.167 e. The van der Waals surface area contributed by atoms with E-state index in [9.17, 15) is 4.39 Å². The monoisotopic (exact) mass is 266 g/mol. The molecule has 4 heteroatoms. The van der Waals surface area contributed by atoms with Gasteiger partial charge in [-0.1, -0.05) is 12.1 Å². The molecule has 3 nitrogen and oxygen atoms in total. The number of aryl methyl sites for hydroxylation is 1. The van der Waals surface area contributed by atoms with Crippen LogP contribution < -0.4 is 4.74 Å². The average Bonchev–Trinajstić information content (AvgIpc) is 2.41. The van der Waals surface area contributed by atoms with Crippen LogP contribution in [-0.2, 0) is 0 Å². The van der Waals surface area contributed by atoms with Crippen molar-refractivity contribution in [2.45, 2.75) is 13.3 Å². The van der Waals surface area contributed by atoms with Gasteiger partial charge in [0.25, 0.3) is 0 Å². The van der Waals surface area contributed by atoms with Gasteiger partial charge < -0.3 is 14.5 Å². The molecular formula is C15H23FN2O. The lowest BCUT2D eigenvalue weighted by molar-refractivity contribution is 0.145. The Morgan fingerprint density at radius 3 is 2.68 bits per heavy atom. The molecule has 0 atom stereocenters. The van der Waals surface area contributed by atoms with Crippen molar-refractivity contribution < 1.29 is 9.13 Å². The topological polar surface area (TPSA) is 15.7 Å². The number of likely N-dealkylation sites (N-methyl/N-ethyl adjacent to an activating group) is 1. The molecule has 1 aromatic carbocycles. The second-order valence-corrected chi connectivity index (χ2v) is 5.23. The van der Waals surface area contributed by atoms with E-state index in [0.29, 0.717) is 17.9 Å². The van der Waals surface area contributed by atoms with E-state index in [-0.39, 0.29) is 5.82 Å². The fourth-order valence-corrected chi connectivity index (χ4v) is 2.27. The third-order valence-corrected chi connectivity index (χ3v) is 3.63. The molecular weight excluding hydrogens is 243 g/mol. The molecule has 0 amide bonds. The van der Waals surface area contributed by atoms with Crippen molar-refractivity contribution in [3.05, 3.63) is 29.6 Å². The third-order valence-electron chi connectivity index (χ3n) is 3.63. The van der Waals surface area contributed by atoms with Crippen molar-refractivity contribution in [1.29, 1.82) is 0 Å². The van der Waals surface area contributed by atoms with Gasteiger partial charge in [0, 0.05) is 32.7 Å². The molecule has 1 aliphatic rings. The van der Waals surface area contributed by atoms with Crippen LogP contribution in [-0.4, -0.2) is 56.2 Å². The van der Waals surface area contributed by atoms with E-state index in [1.165, 1.54) is 0 Å². The Morgan fingerprint density at radius 1 is 1.21 bits per heavy atom. The lowest BCUT2D eigenvalue weighted by Gasteiger charge is -2.32. The number of nitrogens with zero attached hydrogens (tertiary/aromatic N) is 2. The van der Waals surface area contributed by atoms with Crippen LogP contribution in [0.3, 0.4) is 0 Å². The second kappa shape index (κ2) is 6.87. The highest BCUT2D eigenvalue weighted by Gasteiger charge is 2.13. The van der Waals surface area contributed by atoms with Crippen molar-refractivity contribution in [2.75, 3.05) is 46.4 Å². The van der Waals surface area contributed by atoms with Crippen LogP contribution in [0.2, 0.25) is 0 Å². The Labute approximate surface area is 115 Å². The summed E-state index contributed by atoms with van der Waals surface area (Å²) in [6, 6.07) is 5.28. The molecule has 0 unspecified atom stereocenters. The first-order valence-electron chi connectivity index (χ1n) is 6.95. The number of hydrogen-bond donors (Lipinski definition) is 0. The Morgan fingerprint density at radius 2 is 1.95 bits per heavy atom. The summed E-state index contributed by atoms with van der Waals surface area (Å²) in [5.74, 6) is 0.139. The highest BCUT2D eigenvalue weighted by molar-refractivity contribution is 5.29. The van der Waals surface area contributed by atoms with Gasteiger partial charge in [0.1, 0.15) is 0 Å². The van der Waals surface area contributed by atoms with Gasteiger partial charge in [-0.15, -0.1) is 0 Å². The normalized spacial score (nSPS) is 17.6. The first kappa shape index (κ1) is 14.3. The van der Waals surface area contributed by atoms with Crippen molar-refractivity contribution >= 4 is 0 Å². The standard InChI is InChI=1S/C15H23FN2O/c1-13-5-3-6-14(15(13)16)19-12-4-7-18-10-8-17(2)9-11-18/h3,5-6H,4,7-12H2,1-2H3. The van der Waals surface area contributed by atoms with Crippen molar-refractivity contribution in [3.8, 4) is 5.75 Å². The highest BCUT2D eigenvalue weighted by Crippen LogP contribution is 2.19. The molecule has 0 aromatic heterocycles. The summed E-state index contributed by atoms with van der Waals surface area (Å²) in [6.45, 7) is 7.87. The van der Waals surface area contributed by atoms with Crippen LogP contribution in [0.15, 0.2) is 18.2 Å². The van der Waals surface area contributed by atoms with Crippen molar-refractivity contribution in [2.24, 2.45) is 0 Å². The Kier molecular flexibility index (Phi) is 5.16. The van der Waals surface area contributed by atoms with Gasteiger partial charge in [0.2, 0.25) is 0 Å². The predicted octanol–water partition coefficient (Wildman–Crippen LogP) is 2.15.